The van der Waals surface area contributed by atoms with Crippen LogP contribution in [-0.4, -0.2) is 38.3 Å². The standard InChI is InChI=1S/C14H19N3O3S/c1-17(2)21(18,19)14-4-3-13(20-14)11-16-10-7-12-5-8-15-9-6-12/h3-6,8-9,16H,7,10-11H2,1-2H3. The summed E-state index contributed by atoms with van der Waals surface area (Å²) in [5.74, 6) is 0.602. The molecule has 0 aliphatic rings. The average molecular weight is 309 g/mol. The summed E-state index contributed by atoms with van der Waals surface area (Å²) in [6.45, 7) is 1.27. The molecule has 0 aliphatic heterocycles. The van der Waals surface area contributed by atoms with Crippen molar-refractivity contribution in [3.63, 3.8) is 0 Å². The van der Waals surface area contributed by atoms with Crippen LogP contribution >= 0.6 is 0 Å². The van der Waals surface area contributed by atoms with Crippen molar-refractivity contribution in [3.8, 4) is 0 Å². The molecule has 0 saturated heterocycles. The van der Waals surface area contributed by atoms with Crippen molar-refractivity contribution in [1.82, 2.24) is 14.6 Å². The molecule has 0 spiro atoms. The number of hydrogen-bond donors (Lipinski definition) is 1. The highest BCUT2D eigenvalue weighted by Crippen LogP contribution is 2.16. The molecule has 114 valence electrons. The number of pyridine rings is 1. The van der Waals surface area contributed by atoms with Gasteiger partial charge in [-0.3, -0.25) is 4.98 Å². The average Bonchev–Trinajstić information content (AvgIpc) is 2.94. The Labute approximate surface area is 124 Å². The molecule has 0 amide bonds. The quantitative estimate of drug-likeness (QED) is 0.779. The van der Waals surface area contributed by atoms with Gasteiger partial charge in [0.05, 0.1) is 6.54 Å². The van der Waals surface area contributed by atoms with Crippen LogP contribution in [0.25, 0.3) is 0 Å². The number of hydrogen-bond acceptors (Lipinski definition) is 5. The molecule has 21 heavy (non-hydrogen) atoms. The molecule has 1 N–H and O–H groups in total. The van der Waals surface area contributed by atoms with Crippen LogP contribution in [0.5, 0.6) is 0 Å². The van der Waals surface area contributed by atoms with Gasteiger partial charge < -0.3 is 9.73 Å². The normalized spacial score (nSPS) is 12.0. The first-order valence-corrected chi connectivity index (χ1v) is 8.05. The van der Waals surface area contributed by atoms with E-state index in [0.29, 0.717) is 12.3 Å². The van der Waals surface area contributed by atoms with E-state index in [0.717, 1.165) is 17.3 Å². The lowest BCUT2D eigenvalue weighted by atomic mass is 10.2. The van der Waals surface area contributed by atoms with E-state index in [4.69, 9.17) is 4.42 Å². The van der Waals surface area contributed by atoms with Crippen molar-refractivity contribution in [3.05, 3.63) is 48.0 Å². The van der Waals surface area contributed by atoms with Crippen LogP contribution in [0.4, 0.5) is 0 Å². The second-order valence-electron chi connectivity index (χ2n) is 4.79. The van der Waals surface area contributed by atoms with Gasteiger partial charge in [-0.25, -0.2) is 12.7 Å². The van der Waals surface area contributed by atoms with E-state index in [1.54, 1.807) is 18.5 Å². The molecule has 2 aromatic heterocycles. The Kier molecular flexibility index (Phi) is 5.11. The zero-order valence-electron chi connectivity index (χ0n) is 12.1. The van der Waals surface area contributed by atoms with Crippen LogP contribution in [0.1, 0.15) is 11.3 Å². The predicted octanol–water partition coefficient (Wildman–Crippen LogP) is 1.26. The van der Waals surface area contributed by atoms with Gasteiger partial charge in [-0.05, 0) is 42.8 Å². The minimum atomic E-state index is -3.50. The summed E-state index contributed by atoms with van der Waals surface area (Å²) < 4.78 is 30.2. The summed E-state index contributed by atoms with van der Waals surface area (Å²) in [5.41, 5.74) is 1.20. The third kappa shape index (κ3) is 4.13. The Hall–Kier alpha value is -1.70. The Bertz CT molecular complexity index is 666. The van der Waals surface area contributed by atoms with E-state index in [1.807, 2.05) is 12.1 Å². The molecule has 2 aromatic rings. The van der Waals surface area contributed by atoms with Crippen molar-refractivity contribution in [2.24, 2.45) is 0 Å². The minimum absolute atomic E-state index is 0.0292. The third-order valence-corrected chi connectivity index (χ3v) is 4.70. The fourth-order valence-electron chi connectivity index (χ4n) is 1.77. The number of furan rings is 1. The highest BCUT2D eigenvalue weighted by Gasteiger charge is 2.21. The molecule has 0 aromatic carbocycles. The van der Waals surface area contributed by atoms with Crippen LogP contribution in [0.15, 0.2) is 46.2 Å². The first-order valence-electron chi connectivity index (χ1n) is 6.61. The summed E-state index contributed by atoms with van der Waals surface area (Å²) >= 11 is 0. The van der Waals surface area contributed by atoms with E-state index in [9.17, 15) is 8.42 Å². The van der Waals surface area contributed by atoms with Crippen molar-refractivity contribution < 1.29 is 12.8 Å². The SMILES string of the molecule is CN(C)S(=O)(=O)c1ccc(CNCCc2ccncc2)o1. The molecule has 0 saturated carbocycles. The first kappa shape index (κ1) is 15.7. The van der Waals surface area contributed by atoms with Gasteiger partial charge in [0.2, 0.25) is 5.09 Å². The summed E-state index contributed by atoms with van der Waals surface area (Å²) in [6, 6.07) is 7.09. The van der Waals surface area contributed by atoms with Crippen LogP contribution in [0, 0.1) is 0 Å². The zero-order chi connectivity index (χ0) is 15.3. The Balaban J connectivity index is 1.84. The smallest absolute Gasteiger partial charge is 0.275 e. The van der Waals surface area contributed by atoms with E-state index in [2.05, 4.69) is 10.3 Å². The van der Waals surface area contributed by atoms with Crippen LogP contribution < -0.4 is 5.32 Å². The van der Waals surface area contributed by atoms with Gasteiger partial charge in [0.15, 0.2) is 0 Å². The second kappa shape index (κ2) is 6.84. The number of aromatic nitrogens is 1. The molecular formula is C14H19N3O3S. The van der Waals surface area contributed by atoms with Gasteiger partial charge in [-0.15, -0.1) is 0 Å². The molecule has 0 radical (unpaired) electrons. The van der Waals surface area contributed by atoms with E-state index in [-0.39, 0.29) is 5.09 Å². The number of rotatable bonds is 7. The molecule has 2 heterocycles. The molecule has 0 aliphatic carbocycles. The second-order valence-corrected chi connectivity index (χ2v) is 6.87. The van der Waals surface area contributed by atoms with Gasteiger partial charge in [0.25, 0.3) is 10.0 Å². The fraction of sp³-hybridized carbons (Fsp3) is 0.357. The number of sulfonamides is 1. The largest absolute Gasteiger partial charge is 0.447 e. The maximum atomic E-state index is 11.9. The maximum Gasteiger partial charge on any atom is 0.275 e. The summed E-state index contributed by atoms with van der Waals surface area (Å²) in [4.78, 5) is 3.96. The van der Waals surface area contributed by atoms with E-state index < -0.39 is 10.0 Å². The maximum absolute atomic E-state index is 11.9. The van der Waals surface area contributed by atoms with Gasteiger partial charge in [0.1, 0.15) is 5.76 Å². The monoisotopic (exact) mass is 309 g/mol. The molecule has 0 bridgehead atoms. The summed E-state index contributed by atoms with van der Waals surface area (Å²) in [7, 11) is -0.544. The lowest BCUT2D eigenvalue weighted by Gasteiger charge is -2.08. The lowest BCUT2D eigenvalue weighted by molar-refractivity contribution is 0.389. The highest BCUT2D eigenvalue weighted by atomic mass is 32.2. The van der Waals surface area contributed by atoms with Gasteiger partial charge in [-0.2, -0.15) is 0 Å². The molecule has 2 rings (SSSR count). The summed E-state index contributed by atoms with van der Waals surface area (Å²) in [6.07, 6.45) is 4.41. The molecular weight excluding hydrogens is 290 g/mol. The van der Waals surface area contributed by atoms with Crippen molar-refractivity contribution >= 4 is 10.0 Å². The molecule has 0 atom stereocenters. The van der Waals surface area contributed by atoms with Crippen LogP contribution in [0.3, 0.4) is 0 Å². The Morgan fingerprint density at radius 1 is 1.19 bits per heavy atom. The lowest BCUT2D eigenvalue weighted by Crippen LogP contribution is -2.21. The minimum Gasteiger partial charge on any atom is -0.447 e. The molecule has 0 fully saturated rings. The number of nitrogens with zero attached hydrogens (tertiary/aromatic N) is 2. The zero-order valence-corrected chi connectivity index (χ0v) is 12.9. The summed E-state index contributed by atoms with van der Waals surface area (Å²) in [5, 5.41) is 3.19. The first-order chi connectivity index (χ1) is 10.00. The van der Waals surface area contributed by atoms with E-state index >= 15 is 0 Å². The topological polar surface area (TPSA) is 75.4 Å². The van der Waals surface area contributed by atoms with Gasteiger partial charge in [-0.1, -0.05) is 0 Å². The Morgan fingerprint density at radius 2 is 1.90 bits per heavy atom. The molecule has 0 unspecified atom stereocenters. The fourth-order valence-corrected chi connectivity index (χ4v) is 2.58. The number of nitrogens with one attached hydrogen (secondary N) is 1. The van der Waals surface area contributed by atoms with Crippen molar-refractivity contribution in [2.45, 2.75) is 18.1 Å². The highest BCUT2D eigenvalue weighted by molar-refractivity contribution is 7.88. The predicted molar refractivity (Wildman–Crippen MR) is 79.2 cm³/mol. The molecule has 6 nitrogen and oxygen atoms in total. The van der Waals surface area contributed by atoms with Crippen LogP contribution in [-0.2, 0) is 23.0 Å². The van der Waals surface area contributed by atoms with Crippen LogP contribution in [0.2, 0.25) is 0 Å². The van der Waals surface area contributed by atoms with Gasteiger partial charge >= 0.3 is 0 Å². The Morgan fingerprint density at radius 3 is 2.57 bits per heavy atom. The van der Waals surface area contributed by atoms with Crippen molar-refractivity contribution in [2.75, 3.05) is 20.6 Å². The molecule has 7 heteroatoms. The third-order valence-electron chi connectivity index (χ3n) is 3.01. The van der Waals surface area contributed by atoms with E-state index in [1.165, 1.54) is 25.7 Å². The van der Waals surface area contributed by atoms with Gasteiger partial charge in [0, 0.05) is 26.5 Å². The van der Waals surface area contributed by atoms with Crippen molar-refractivity contribution in [1.29, 1.82) is 0 Å².